The van der Waals surface area contributed by atoms with Gasteiger partial charge in [-0.1, -0.05) is 24.3 Å². The molecule has 0 fully saturated rings. The number of likely N-dealkylation sites (N-methyl/N-ethyl adjacent to an activating group) is 1. The summed E-state index contributed by atoms with van der Waals surface area (Å²) in [5.74, 6) is 0.699. The van der Waals surface area contributed by atoms with Gasteiger partial charge >= 0.3 is 0 Å². The Morgan fingerprint density at radius 2 is 2.00 bits per heavy atom. The van der Waals surface area contributed by atoms with Gasteiger partial charge in [0.25, 0.3) is 0 Å². The maximum absolute atomic E-state index is 13.0. The summed E-state index contributed by atoms with van der Waals surface area (Å²) < 4.78 is 6.87. The minimum absolute atomic E-state index is 0.0610. The summed E-state index contributed by atoms with van der Waals surface area (Å²) >= 11 is 0. The first-order valence-electron chi connectivity index (χ1n) is 8.93. The Bertz CT molecular complexity index is 1010. The Morgan fingerprint density at radius 1 is 1.22 bits per heavy atom. The third kappa shape index (κ3) is 3.84. The number of ether oxygens (including phenoxy) is 1. The molecule has 6 nitrogen and oxygen atoms in total. The molecule has 1 heterocycles. The van der Waals surface area contributed by atoms with Crippen molar-refractivity contribution in [2.24, 2.45) is 0 Å². The lowest BCUT2D eigenvalue weighted by atomic mass is 10.1. The number of carbonyl (C=O) groups is 1. The number of hydrogen-bond acceptors (Lipinski definition) is 4. The average molecular weight is 365 g/mol. The number of rotatable bonds is 6. The van der Waals surface area contributed by atoms with Gasteiger partial charge in [-0.25, -0.2) is 0 Å². The van der Waals surface area contributed by atoms with Crippen molar-refractivity contribution in [1.82, 2.24) is 14.7 Å². The van der Waals surface area contributed by atoms with Gasteiger partial charge in [0.05, 0.1) is 24.9 Å². The fourth-order valence-corrected chi connectivity index (χ4v) is 3.25. The summed E-state index contributed by atoms with van der Waals surface area (Å²) in [6.07, 6.45) is 1.26. The van der Waals surface area contributed by atoms with Crippen LogP contribution in [0.5, 0.6) is 5.75 Å². The summed E-state index contributed by atoms with van der Waals surface area (Å²) in [4.78, 5) is 26.8. The van der Waals surface area contributed by atoms with Crippen LogP contribution in [-0.2, 0) is 11.3 Å². The Labute approximate surface area is 158 Å². The second kappa shape index (κ2) is 8.03. The zero-order valence-corrected chi connectivity index (χ0v) is 15.8. The van der Waals surface area contributed by atoms with E-state index in [1.807, 2.05) is 44.2 Å². The first kappa shape index (κ1) is 18.6. The fraction of sp³-hybridized carbons (Fsp3) is 0.286. The molecule has 0 radical (unpaired) electrons. The number of carbonyl (C=O) groups excluding carboxylic acids is 1. The highest BCUT2D eigenvalue weighted by atomic mass is 16.5. The van der Waals surface area contributed by atoms with Crippen LogP contribution in [0.1, 0.15) is 25.5 Å². The van der Waals surface area contributed by atoms with Gasteiger partial charge < -0.3 is 9.64 Å². The molecule has 1 unspecified atom stereocenters. The van der Waals surface area contributed by atoms with E-state index < -0.39 is 0 Å². The third-order valence-electron chi connectivity index (χ3n) is 4.75. The quantitative estimate of drug-likeness (QED) is 0.674. The van der Waals surface area contributed by atoms with Gasteiger partial charge in [-0.3, -0.25) is 14.3 Å². The Kier molecular flexibility index (Phi) is 5.54. The summed E-state index contributed by atoms with van der Waals surface area (Å²) in [5, 5.41) is 4.72. The molecular formula is C21H23N3O3. The highest BCUT2D eigenvalue weighted by Gasteiger charge is 2.21. The molecule has 0 aliphatic rings. The Hall–Kier alpha value is -3.15. The average Bonchev–Trinajstić information content (AvgIpc) is 2.71. The molecule has 0 N–H and O–H groups in total. The van der Waals surface area contributed by atoms with E-state index in [4.69, 9.17) is 4.74 Å². The molecule has 140 valence electrons. The normalized spacial score (nSPS) is 12.0. The van der Waals surface area contributed by atoms with Gasteiger partial charge in [0, 0.05) is 11.9 Å². The SMILES string of the molecule is CCN(C(=O)Cn1ncc(=O)c2ccccc21)C(C)c1cccc(OC)c1. The second-order valence-electron chi connectivity index (χ2n) is 6.32. The van der Waals surface area contributed by atoms with E-state index in [0.717, 1.165) is 11.3 Å². The smallest absolute Gasteiger partial charge is 0.244 e. The van der Waals surface area contributed by atoms with Gasteiger partial charge in [0.2, 0.25) is 11.3 Å². The van der Waals surface area contributed by atoms with Gasteiger partial charge in [0.1, 0.15) is 12.3 Å². The van der Waals surface area contributed by atoms with E-state index in [9.17, 15) is 9.59 Å². The first-order valence-corrected chi connectivity index (χ1v) is 8.93. The molecule has 1 aromatic heterocycles. The van der Waals surface area contributed by atoms with Crippen LogP contribution in [0.2, 0.25) is 0 Å². The molecule has 2 aromatic carbocycles. The van der Waals surface area contributed by atoms with Crippen molar-refractivity contribution in [2.75, 3.05) is 13.7 Å². The zero-order chi connectivity index (χ0) is 19.4. The molecule has 0 aliphatic heterocycles. The lowest BCUT2D eigenvalue weighted by molar-refractivity contribution is -0.133. The number of fused-ring (bicyclic) bond motifs is 1. The standard InChI is InChI=1S/C21H23N3O3/c1-4-23(15(2)16-8-7-9-17(12-16)27-3)21(26)14-24-19-11-6-5-10-18(19)20(25)13-22-24/h5-13,15H,4,14H2,1-3H3. The van der Waals surface area contributed by atoms with Crippen molar-refractivity contribution >= 4 is 16.8 Å². The number of benzene rings is 2. The molecule has 3 aromatic rings. The minimum Gasteiger partial charge on any atom is -0.497 e. The predicted molar refractivity (Wildman–Crippen MR) is 105 cm³/mol. The van der Waals surface area contributed by atoms with E-state index >= 15 is 0 Å². The maximum Gasteiger partial charge on any atom is 0.244 e. The molecule has 6 heteroatoms. The molecule has 0 spiro atoms. The van der Waals surface area contributed by atoms with Crippen molar-refractivity contribution in [1.29, 1.82) is 0 Å². The van der Waals surface area contributed by atoms with E-state index in [1.165, 1.54) is 6.20 Å². The van der Waals surface area contributed by atoms with Gasteiger partial charge in [0.15, 0.2) is 0 Å². The van der Waals surface area contributed by atoms with E-state index in [2.05, 4.69) is 5.10 Å². The van der Waals surface area contributed by atoms with Crippen LogP contribution >= 0.6 is 0 Å². The van der Waals surface area contributed by atoms with E-state index in [1.54, 1.807) is 34.9 Å². The molecule has 1 atom stereocenters. The highest BCUT2D eigenvalue weighted by molar-refractivity contribution is 5.81. The Balaban J connectivity index is 1.88. The molecule has 0 saturated carbocycles. The molecule has 0 aliphatic carbocycles. The van der Waals surface area contributed by atoms with Crippen LogP contribution < -0.4 is 10.2 Å². The van der Waals surface area contributed by atoms with Gasteiger partial charge in [-0.2, -0.15) is 5.10 Å². The number of para-hydroxylation sites is 1. The lowest BCUT2D eigenvalue weighted by Gasteiger charge is -2.29. The minimum atomic E-state index is -0.147. The first-order chi connectivity index (χ1) is 13.0. The monoisotopic (exact) mass is 365 g/mol. The molecule has 27 heavy (non-hydrogen) atoms. The predicted octanol–water partition coefficient (Wildman–Crippen LogP) is 3.01. The van der Waals surface area contributed by atoms with E-state index in [-0.39, 0.29) is 23.9 Å². The number of methoxy groups -OCH3 is 1. The topological polar surface area (TPSA) is 64.4 Å². The van der Waals surface area contributed by atoms with Crippen LogP contribution in [0.3, 0.4) is 0 Å². The number of amides is 1. The fourth-order valence-electron chi connectivity index (χ4n) is 3.25. The molecule has 0 bridgehead atoms. The van der Waals surface area contributed by atoms with Gasteiger partial charge in [-0.05, 0) is 43.7 Å². The van der Waals surface area contributed by atoms with Gasteiger partial charge in [-0.15, -0.1) is 0 Å². The summed E-state index contributed by atoms with van der Waals surface area (Å²) in [6, 6.07) is 14.8. The Morgan fingerprint density at radius 3 is 2.74 bits per heavy atom. The number of nitrogens with zero attached hydrogens (tertiary/aromatic N) is 3. The van der Waals surface area contributed by atoms with Crippen molar-refractivity contribution < 1.29 is 9.53 Å². The zero-order valence-electron chi connectivity index (χ0n) is 15.8. The summed E-state index contributed by atoms with van der Waals surface area (Å²) in [5.41, 5.74) is 1.51. The van der Waals surface area contributed by atoms with Crippen LogP contribution in [0.25, 0.3) is 10.9 Å². The van der Waals surface area contributed by atoms with Crippen LogP contribution in [-0.4, -0.2) is 34.2 Å². The van der Waals surface area contributed by atoms with Crippen molar-refractivity contribution in [3.63, 3.8) is 0 Å². The molecule has 1 amide bonds. The number of hydrogen-bond donors (Lipinski definition) is 0. The largest absolute Gasteiger partial charge is 0.497 e. The lowest BCUT2D eigenvalue weighted by Crippen LogP contribution is -2.36. The van der Waals surface area contributed by atoms with Crippen molar-refractivity contribution in [3.05, 3.63) is 70.5 Å². The van der Waals surface area contributed by atoms with Crippen molar-refractivity contribution in [3.8, 4) is 5.75 Å². The van der Waals surface area contributed by atoms with Crippen LogP contribution in [0.15, 0.2) is 59.5 Å². The molecule has 0 saturated heterocycles. The number of aromatic nitrogens is 2. The molecular weight excluding hydrogens is 342 g/mol. The van der Waals surface area contributed by atoms with Crippen LogP contribution in [0, 0.1) is 0 Å². The van der Waals surface area contributed by atoms with Crippen molar-refractivity contribution in [2.45, 2.75) is 26.4 Å². The highest BCUT2D eigenvalue weighted by Crippen LogP contribution is 2.24. The van der Waals surface area contributed by atoms with E-state index in [0.29, 0.717) is 17.4 Å². The summed E-state index contributed by atoms with van der Waals surface area (Å²) in [6.45, 7) is 4.58. The van der Waals surface area contributed by atoms with Crippen LogP contribution in [0.4, 0.5) is 0 Å². The third-order valence-corrected chi connectivity index (χ3v) is 4.75. The molecule has 3 rings (SSSR count). The second-order valence-corrected chi connectivity index (χ2v) is 6.32. The summed E-state index contributed by atoms with van der Waals surface area (Å²) in [7, 11) is 1.62. The maximum atomic E-state index is 13.0.